The van der Waals surface area contributed by atoms with E-state index in [-0.39, 0.29) is 11.1 Å². The third kappa shape index (κ3) is 3.32. The first-order valence-corrected chi connectivity index (χ1v) is 8.42. The average molecular weight is 367 g/mol. The fourth-order valence-electron chi connectivity index (χ4n) is 2.32. The Balaban J connectivity index is 1.85. The van der Waals surface area contributed by atoms with E-state index in [0.717, 1.165) is 17.3 Å². The zero-order valence-electron chi connectivity index (χ0n) is 12.0. The Labute approximate surface area is 147 Å². The Kier molecular flexibility index (Phi) is 4.53. The third-order valence-electron chi connectivity index (χ3n) is 3.36. The highest BCUT2D eigenvalue weighted by molar-refractivity contribution is 8.16. The molecule has 0 spiro atoms. The first-order valence-electron chi connectivity index (χ1n) is 6.78. The van der Waals surface area contributed by atoms with Crippen LogP contribution in [0.1, 0.15) is 5.56 Å². The highest BCUT2D eigenvalue weighted by atomic mass is 35.5. The lowest BCUT2D eigenvalue weighted by Crippen LogP contribution is -2.34. The highest BCUT2D eigenvalue weighted by Crippen LogP contribution is 2.34. The van der Waals surface area contributed by atoms with Crippen molar-refractivity contribution < 1.29 is 9.59 Å². The van der Waals surface area contributed by atoms with Crippen molar-refractivity contribution in [3.05, 3.63) is 58.1 Å². The Morgan fingerprint density at radius 1 is 1.09 bits per heavy atom. The van der Waals surface area contributed by atoms with Crippen LogP contribution in [0.4, 0.5) is 16.2 Å². The number of nitrogens with zero attached hydrogens (tertiary/aromatic N) is 1. The lowest BCUT2D eigenvalue weighted by molar-refractivity contribution is -0.116. The molecule has 2 aromatic rings. The van der Waals surface area contributed by atoms with Crippen LogP contribution in [-0.4, -0.2) is 16.5 Å². The van der Waals surface area contributed by atoms with Crippen molar-refractivity contribution in [3.63, 3.8) is 0 Å². The van der Waals surface area contributed by atoms with Gasteiger partial charge in [0.25, 0.3) is 11.1 Å². The fourth-order valence-corrected chi connectivity index (χ4v) is 3.74. The predicted molar refractivity (Wildman–Crippen MR) is 95.5 cm³/mol. The second-order valence-electron chi connectivity index (χ2n) is 5.03. The van der Waals surface area contributed by atoms with E-state index >= 15 is 0 Å². The molecular formula is C16H12Cl2N2O2S. The van der Waals surface area contributed by atoms with E-state index in [1.807, 2.05) is 19.1 Å². The van der Waals surface area contributed by atoms with Gasteiger partial charge in [-0.1, -0.05) is 41.4 Å². The number of aryl methyl sites for hydroxylation is 1. The molecule has 1 unspecified atom stereocenters. The number of benzene rings is 2. The molecule has 0 aliphatic carbocycles. The van der Waals surface area contributed by atoms with Crippen LogP contribution < -0.4 is 10.2 Å². The van der Waals surface area contributed by atoms with E-state index in [4.69, 9.17) is 23.2 Å². The SMILES string of the molecule is Cc1ccccc1N1C(=O)SC(Nc2cc(Cl)cc(Cl)c2)C1=O. The molecule has 7 heteroatoms. The van der Waals surface area contributed by atoms with E-state index in [0.29, 0.717) is 21.4 Å². The van der Waals surface area contributed by atoms with E-state index in [1.54, 1.807) is 30.3 Å². The van der Waals surface area contributed by atoms with Gasteiger partial charge in [0.2, 0.25) is 0 Å². The van der Waals surface area contributed by atoms with E-state index in [2.05, 4.69) is 5.32 Å². The standard InChI is InChI=1S/C16H12Cl2N2O2S/c1-9-4-2-3-5-13(9)20-15(21)14(23-16(20)22)19-12-7-10(17)6-11(18)8-12/h2-8,14,19H,1H3. The molecule has 118 valence electrons. The molecule has 1 atom stereocenters. The zero-order chi connectivity index (χ0) is 16.6. The molecule has 1 saturated heterocycles. The number of rotatable bonds is 3. The summed E-state index contributed by atoms with van der Waals surface area (Å²) >= 11 is 12.8. The third-order valence-corrected chi connectivity index (χ3v) is 4.74. The lowest BCUT2D eigenvalue weighted by Gasteiger charge is -2.17. The molecule has 1 heterocycles. The molecule has 0 aromatic heterocycles. The van der Waals surface area contributed by atoms with Crippen molar-refractivity contribution in [2.45, 2.75) is 12.3 Å². The Morgan fingerprint density at radius 2 is 1.74 bits per heavy atom. The van der Waals surface area contributed by atoms with Gasteiger partial charge in [-0.2, -0.15) is 0 Å². The first kappa shape index (κ1) is 16.2. The fraction of sp³-hybridized carbons (Fsp3) is 0.125. The summed E-state index contributed by atoms with van der Waals surface area (Å²) in [6.07, 6.45) is 0. The van der Waals surface area contributed by atoms with Gasteiger partial charge in [-0.3, -0.25) is 9.59 Å². The maximum absolute atomic E-state index is 12.6. The van der Waals surface area contributed by atoms with E-state index in [9.17, 15) is 9.59 Å². The molecule has 0 radical (unpaired) electrons. The summed E-state index contributed by atoms with van der Waals surface area (Å²) in [7, 11) is 0. The average Bonchev–Trinajstić information content (AvgIpc) is 2.73. The van der Waals surface area contributed by atoms with Crippen LogP contribution in [-0.2, 0) is 4.79 Å². The number of hydrogen-bond donors (Lipinski definition) is 1. The summed E-state index contributed by atoms with van der Waals surface area (Å²) in [5, 5.41) is 2.89. The topological polar surface area (TPSA) is 49.4 Å². The van der Waals surface area contributed by atoms with Crippen molar-refractivity contribution in [3.8, 4) is 0 Å². The quantitative estimate of drug-likeness (QED) is 0.835. The minimum absolute atomic E-state index is 0.310. The second-order valence-corrected chi connectivity index (χ2v) is 6.96. The minimum atomic E-state index is -0.711. The summed E-state index contributed by atoms with van der Waals surface area (Å²) in [6, 6.07) is 12.2. The summed E-state index contributed by atoms with van der Waals surface area (Å²) < 4.78 is 0. The number of carbonyl (C=O) groups is 2. The van der Waals surface area contributed by atoms with Gasteiger partial charge >= 0.3 is 0 Å². The molecule has 0 saturated carbocycles. The molecule has 1 fully saturated rings. The van der Waals surface area contributed by atoms with E-state index < -0.39 is 5.37 Å². The van der Waals surface area contributed by atoms with Crippen molar-refractivity contribution >= 4 is 57.5 Å². The molecule has 1 aliphatic heterocycles. The Hall–Kier alpha value is -1.69. The number of thioether (sulfide) groups is 1. The monoisotopic (exact) mass is 366 g/mol. The number of imide groups is 1. The molecule has 2 aromatic carbocycles. The number of hydrogen-bond acceptors (Lipinski definition) is 4. The molecule has 0 bridgehead atoms. The molecule has 1 N–H and O–H groups in total. The Bertz CT molecular complexity index is 777. The van der Waals surface area contributed by atoms with Crippen molar-refractivity contribution in [1.82, 2.24) is 0 Å². The van der Waals surface area contributed by atoms with Gasteiger partial charge < -0.3 is 5.32 Å². The summed E-state index contributed by atoms with van der Waals surface area (Å²) in [5.74, 6) is -0.314. The Morgan fingerprint density at radius 3 is 2.39 bits per heavy atom. The molecule has 4 nitrogen and oxygen atoms in total. The predicted octanol–water partition coefficient (Wildman–Crippen LogP) is 4.94. The second kappa shape index (κ2) is 6.43. The highest BCUT2D eigenvalue weighted by Gasteiger charge is 2.41. The van der Waals surface area contributed by atoms with Crippen molar-refractivity contribution in [2.75, 3.05) is 10.2 Å². The molecular weight excluding hydrogens is 355 g/mol. The van der Waals surface area contributed by atoms with Gasteiger partial charge in [0, 0.05) is 15.7 Å². The van der Waals surface area contributed by atoms with Crippen LogP contribution >= 0.6 is 35.0 Å². The smallest absolute Gasteiger partial charge is 0.295 e. The van der Waals surface area contributed by atoms with Crippen LogP contribution in [0.5, 0.6) is 0 Å². The van der Waals surface area contributed by atoms with Gasteiger partial charge in [-0.05, 0) is 48.5 Å². The van der Waals surface area contributed by atoms with Gasteiger partial charge in [-0.25, -0.2) is 4.90 Å². The lowest BCUT2D eigenvalue weighted by atomic mass is 10.2. The number of nitrogens with one attached hydrogen (secondary N) is 1. The summed E-state index contributed by atoms with van der Waals surface area (Å²) in [5.41, 5.74) is 2.05. The van der Waals surface area contributed by atoms with Gasteiger partial charge in [0.1, 0.15) is 0 Å². The van der Waals surface area contributed by atoms with Crippen molar-refractivity contribution in [2.24, 2.45) is 0 Å². The first-order chi connectivity index (χ1) is 11.0. The van der Waals surface area contributed by atoms with Crippen LogP contribution in [0.25, 0.3) is 0 Å². The summed E-state index contributed by atoms with van der Waals surface area (Å²) in [6.45, 7) is 1.86. The zero-order valence-corrected chi connectivity index (χ0v) is 14.4. The molecule has 23 heavy (non-hydrogen) atoms. The number of halogens is 2. The number of para-hydroxylation sites is 1. The van der Waals surface area contributed by atoms with Crippen LogP contribution in [0.15, 0.2) is 42.5 Å². The molecule has 1 aliphatic rings. The number of anilines is 2. The van der Waals surface area contributed by atoms with Crippen molar-refractivity contribution in [1.29, 1.82) is 0 Å². The molecule has 3 rings (SSSR count). The number of amides is 2. The molecule has 2 amide bonds. The van der Waals surface area contributed by atoms with Crippen LogP contribution in [0.3, 0.4) is 0 Å². The van der Waals surface area contributed by atoms with Crippen LogP contribution in [0.2, 0.25) is 10.0 Å². The normalized spacial score (nSPS) is 17.7. The van der Waals surface area contributed by atoms with Crippen LogP contribution in [0, 0.1) is 6.92 Å². The maximum Gasteiger partial charge on any atom is 0.295 e. The maximum atomic E-state index is 12.6. The largest absolute Gasteiger partial charge is 0.365 e. The summed E-state index contributed by atoms with van der Waals surface area (Å²) in [4.78, 5) is 26.0. The minimum Gasteiger partial charge on any atom is -0.365 e. The van der Waals surface area contributed by atoms with Gasteiger partial charge in [-0.15, -0.1) is 0 Å². The number of carbonyl (C=O) groups excluding carboxylic acids is 2. The van der Waals surface area contributed by atoms with Gasteiger partial charge in [0.05, 0.1) is 5.69 Å². The van der Waals surface area contributed by atoms with Gasteiger partial charge in [0.15, 0.2) is 5.37 Å². The van der Waals surface area contributed by atoms with E-state index in [1.165, 1.54) is 4.90 Å².